The molecule has 7 nitrogen and oxygen atoms in total. The van der Waals surface area contributed by atoms with Crippen LogP contribution in [0.3, 0.4) is 0 Å². The van der Waals surface area contributed by atoms with E-state index in [0.29, 0.717) is 24.9 Å². The van der Waals surface area contributed by atoms with Gasteiger partial charge in [-0.05, 0) is 24.3 Å². The number of anilines is 1. The molecule has 2 N–H and O–H groups in total. The van der Waals surface area contributed by atoms with Gasteiger partial charge in [0.25, 0.3) is 11.6 Å². The van der Waals surface area contributed by atoms with Crippen molar-refractivity contribution in [3.8, 4) is 0 Å². The molecule has 7 heteroatoms. The second-order valence-corrected chi connectivity index (χ2v) is 5.43. The maximum Gasteiger partial charge on any atom is 0.300 e. The minimum atomic E-state index is -0.602. The van der Waals surface area contributed by atoms with Crippen molar-refractivity contribution in [2.45, 2.75) is 20.3 Å². The summed E-state index contributed by atoms with van der Waals surface area (Å²) >= 11 is 0. The number of carbonyl (C=O) groups excluding carboxylic acids is 1. The summed E-state index contributed by atoms with van der Waals surface area (Å²) in [5, 5.41) is 11.0. The molecule has 1 unspecified atom stereocenters. The quantitative estimate of drug-likeness (QED) is 0.669. The Bertz CT molecular complexity index is 544. The number of nitrogens with zero attached hydrogens (tertiary/aromatic N) is 3. The molecule has 1 aliphatic rings. The lowest BCUT2D eigenvalue weighted by Crippen LogP contribution is -2.30. The molecule has 1 atom stereocenters. The fourth-order valence-electron chi connectivity index (χ4n) is 2.47. The van der Waals surface area contributed by atoms with Gasteiger partial charge in [0.05, 0.1) is 4.92 Å². The minimum absolute atomic E-state index is 0.0203. The molecule has 1 aromatic heterocycles. The van der Waals surface area contributed by atoms with E-state index in [-0.39, 0.29) is 23.0 Å². The van der Waals surface area contributed by atoms with Gasteiger partial charge in [0, 0.05) is 13.1 Å². The van der Waals surface area contributed by atoms with Gasteiger partial charge in [0.2, 0.25) is 0 Å². The third kappa shape index (κ3) is 2.71. The van der Waals surface area contributed by atoms with Crippen LogP contribution in [0.1, 0.15) is 30.6 Å². The Morgan fingerprint density at radius 1 is 1.60 bits per heavy atom. The van der Waals surface area contributed by atoms with E-state index < -0.39 is 4.92 Å². The summed E-state index contributed by atoms with van der Waals surface area (Å²) in [5.41, 5.74) is 5.26. The zero-order valence-electron chi connectivity index (χ0n) is 11.6. The van der Waals surface area contributed by atoms with Crippen LogP contribution < -0.4 is 5.73 Å². The Morgan fingerprint density at radius 2 is 2.30 bits per heavy atom. The second kappa shape index (κ2) is 5.44. The molecule has 2 rings (SSSR count). The van der Waals surface area contributed by atoms with Gasteiger partial charge in [-0.1, -0.05) is 13.8 Å². The molecule has 20 heavy (non-hydrogen) atoms. The number of aromatic nitrogens is 1. The largest absolute Gasteiger partial charge is 0.384 e. The number of rotatable bonds is 3. The van der Waals surface area contributed by atoms with Crippen LogP contribution in [0, 0.1) is 22.0 Å². The van der Waals surface area contributed by atoms with E-state index in [1.807, 2.05) is 0 Å². The van der Waals surface area contributed by atoms with Gasteiger partial charge in [0.1, 0.15) is 17.6 Å². The Morgan fingerprint density at radius 3 is 2.85 bits per heavy atom. The first-order chi connectivity index (χ1) is 9.40. The highest BCUT2D eigenvalue weighted by molar-refractivity contribution is 5.98. The normalized spacial score (nSPS) is 18.6. The zero-order valence-corrected chi connectivity index (χ0v) is 11.6. The molecule has 0 aromatic carbocycles. The third-order valence-corrected chi connectivity index (χ3v) is 3.79. The van der Waals surface area contributed by atoms with Gasteiger partial charge in [-0.25, -0.2) is 4.98 Å². The molecule has 2 heterocycles. The average molecular weight is 278 g/mol. The molecule has 0 aliphatic carbocycles. The highest BCUT2D eigenvalue weighted by Gasteiger charge is 2.32. The molecule has 1 saturated heterocycles. The number of nitrogen functional groups attached to an aromatic ring is 1. The predicted octanol–water partition coefficient (Wildman–Crippen LogP) is 1.69. The number of hydrogen-bond donors (Lipinski definition) is 1. The van der Waals surface area contributed by atoms with Gasteiger partial charge in [-0.3, -0.25) is 14.9 Å². The SMILES string of the molecule is CC(C)C1CCN(C(=O)c2cc(N)ncc2[N+](=O)[O-])C1. The number of amides is 1. The fraction of sp³-hybridized carbons (Fsp3) is 0.538. The van der Waals surface area contributed by atoms with Gasteiger partial charge in [-0.2, -0.15) is 0 Å². The van der Waals surface area contributed by atoms with Crippen molar-refractivity contribution >= 4 is 17.4 Å². The van der Waals surface area contributed by atoms with Crippen LogP contribution in [-0.4, -0.2) is 33.8 Å². The first-order valence-corrected chi connectivity index (χ1v) is 6.59. The maximum absolute atomic E-state index is 12.4. The molecule has 0 spiro atoms. The number of likely N-dealkylation sites (tertiary alicyclic amines) is 1. The summed E-state index contributed by atoms with van der Waals surface area (Å²) in [7, 11) is 0. The van der Waals surface area contributed by atoms with Crippen LogP contribution in [0.2, 0.25) is 0 Å². The smallest absolute Gasteiger partial charge is 0.300 e. The number of nitrogens with two attached hydrogens (primary N) is 1. The molecular weight excluding hydrogens is 260 g/mol. The van der Waals surface area contributed by atoms with Gasteiger partial charge in [0.15, 0.2) is 0 Å². The lowest BCUT2D eigenvalue weighted by Gasteiger charge is -2.18. The first-order valence-electron chi connectivity index (χ1n) is 6.59. The Labute approximate surface area is 116 Å². The first kappa shape index (κ1) is 14.2. The number of hydrogen-bond acceptors (Lipinski definition) is 5. The van der Waals surface area contributed by atoms with E-state index in [1.165, 1.54) is 6.07 Å². The van der Waals surface area contributed by atoms with Gasteiger partial charge in [-0.15, -0.1) is 0 Å². The molecule has 0 bridgehead atoms. The maximum atomic E-state index is 12.4. The van der Waals surface area contributed by atoms with E-state index in [4.69, 9.17) is 5.73 Å². The van der Waals surface area contributed by atoms with Crippen LogP contribution in [0.4, 0.5) is 11.5 Å². The van der Waals surface area contributed by atoms with Crippen LogP contribution in [-0.2, 0) is 0 Å². The zero-order chi connectivity index (χ0) is 14.9. The van der Waals surface area contributed by atoms with E-state index >= 15 is 0 Å². The van der Waals surface area contributed by atoms with E-state index in [9.17, 15) is 14.9 Å². The molecule has 0 radical (unpaired) electrons. The molecule has 1 aliphatic heterocycles. The summed E-state index contributed by atoms with van der Waals surface area (Å²) < 4.78 is 0. The molecular formula is C13H18N4O3. The van der Waals surface area contributed by atoms with Crippen LogP contribution in [0.15, 0.2) is 12.3 Å². The Balaban J connectivity index is 2.26. The van der Waals surface area contributed by atoms with Gasteiger partial charge < -0.3 is 10.6 Å². The van der Waals surface area contributed by atoms with E-state index in [2.05, 4.69) is 18.8 Å². The van der Waals surface area contributed by atoms with Crippen molar-refractivity contribution in [1.82, 2.24) is 9.88 Å². The number of carbonyl (C=O) groups is 1. The topological polar surface area (TPSA) is 102 Å². The van der Waals surface area contributed by atoms with E-state index in [0.717, 1.165) is 12.6 Å². The Kier molecular flexibility index (Phi) is 3.87. The van der Waals surface area contributed by atoms with E-state index in [1.54, 1.807) is 4.90 Å². The monoisotopic (exact) mass is 278 g/mol. The summed E-state index contributed by atoms with van der Waals surface area (Å²) in [4.78, 5) is 28.1. The standard InChI is InChI=1S/C13H18N4O3/c1-8(2)9-3-4-16(7-9)13(18)10-5-12(14)15-6-11(10)17(19)20/h5-6,8-9H,3-4,7H2,1-2H3,(H2,14,15). The molecule has 1 fully saturated rings. The van der Waals surface area contributed by atoms with Crippen molar-refractivity contribution in [3.05, 3.63) is 27.9 Å². The second-order valence-electron chi connectivity index (χ2n) is 5.43. The average Bonchev–Trinajstić information content (AvgIpc) is 2.87. The highest BCUT2D eigenvalue weighted by Crippen LogP contribution is 2.27. The van der Waals surface area contributed by atoms with Crippen molar-refractivity contribution in [3.63, 3.8) is 0 Å². The minimum Gasteiger partial charge on any atom is -0.384 e. The van der Waals surface area contributed by atoms with Crippen molar-refractivity contribution < 1.29 is 9.72 Å². The third-order valence-electron chi connectivity index (χ3n) is 3.79. The molecule has 1 amide bonds. The lowest BCUT2D eigenvalue weighted by atomic mass is 9.95. The van der Waals surface area contributed by atoms with Crippen LogP contribution in [0.25, 0.3) is 0 Å². The van der Waals surface area contributed by atoms with Crippen LogP contribution >= 0.6 is 0 Å². The van der Waals surface area contributed by atoms with Crippen LogP contribution in [0.5, 0.6) is 0 Å². The summed E-state index contributed by atoms with van der Waals surface area (Å²) in [5.74, 6) is 0.704. The summed E-state index contributed by atoms with van der Waals surface area (Å²) in [6, 6.07) is 1.28. The molecule has 1 aromatic rings. The fourth-order valence-corrected chi connectivity index (χ4v) is 2.47. The molecule has 0 saturated carbocycles. The van der Waals surface area contributed by atoms with Crippen molar-refractivity contribution in [2.75, 3.05) is 18.8 Å². The van der Waals surface area contributed by atoms with Crippen molar-refractivity contribution in [2.24, 2.45) is 11.8 Å². The highest BCUT2D eigenvalue weighted by atomic mass is 16.6. The van der Waals surface area contributed by atoms with Gasteiger partial charge >= 0.3 is 0 Å². The lowest BCUT2D eigenvalue weighted by molar-refractivity contribution is -0.385. The Hall–Kier alpha value is -2.18. The predicted molar refractivity (Wildman–Crippen MR) is 74.2 cm³/mol. The van der Waals surface area contributed by atoms with Crippen molar-refractivity contribution in [1.29, 1.82) is 0 Å². The summed E-state index contributed by atoms with van der Waals surface area (Å²) in [6.07, 6.45) is 1.97. The molecule has 108 valence electrons. The number of pyridine rings is 1. The summed E-state index contributed by atoms with van der Waals surface area (Å²) in [6.45, 7) is 5.49. The number of nitro groups is 1.